The number of ether oxygens (including phenoxy) is 1. The molecule has 0 fully saturated rings. The second-order valence-corrected chi connectivity index (χ2v) is 2.62. The van der Waals surface area contributed by atoms with Crippen LogP contribution < -0.4 is 10.1 Å². The van der Waals surface area contributed by atoms with Crippen LogP contribution in [0.2, 0.25) is 0 Å². The van der Waals surface area contributed by atoms with Gasteiger partial charge in [-0.15, -0.1) is 6.42 Å². The average molecular weight is 176 g/mol. The molecule has 1 aromatic rings. The van der Waals surface area contributed by atoms with Crippen molar-refractivity contribution in [3.8, 4) is 18.1 Å². The van der Waals surface area contributed by atoms with Crippen molar-refractivity contribution in [3.63, 3.8) is 0 Å². The topological polar surface area (TPSA) is 34.1 Å². The van der Waals surface area contributed by atoms with E-state index in [0.717, 1.165) is 11.6 Å². The van der Waals surface area contributed by atoms with E-state index in [1.54, 1.807) is 13.3 Å². The maximum Gasteiger partial charge on any atom is 0.137 e. The van der Waals surface area contributed by atoms with E-state index in [4.69, 9.17) is 11.2 Å². The number of hydrogen-bond donors (Lipinski definition) is 1. The summed E-state index contributed by atoms with van der Waals surface area (Å²) in [4.78, 5) is 4.11. The zero-order valence-corrected chi connectivity index (χ0v) is 7.74. The second kappa shape index (κ2) is 4.36. The van der Waals surface area contributed by atoms with Crippen molar-refractivity contribution in [3.05, 3.63) is 18.3 Å². The lowest BCUT2D eigenvalue weighted by Crippen LogP contribution is -2.12. The van der Waals surface area contributed by atoms with Gasteiger partial charge >= 0.3 is 0 Å². The molecule has 3 heteroatoms. The first-order chi connectivity index (χ1) is 6.26. The highest BCUT2D eigenvalue weighted by atomic mass is 16.5. The van der Waals surface area contributed by atoms with Gasteiger partial charge in [0, 0.05) is 0 Å². The quantitative estimate of drug-likeness (QED) is 0.709. The van der Waals surface area contributed by atoms with Crippen LogP contribution in [0.3, 0.4) is 0 Å². The minimum absolute atomic E-state index is 0.0131. The molecule has 0 aromatic carbocycles. The van der Waals surface area contributed by atoms with Crippen LogP contribution in [0, 0.1) is 12.3 Å². The van der Waals surface area contributed by atoms with Gasteiger partial charge < -0.3 is 10.1 Å². The fourth-order valence-corrected chi connectivity index (χ4v) is 0.850. The maximum atomic E-state index is 5.21. The number of anilines is 1. The molecule has 1 aromatic heterocycles. The smallest absolute Gasteiger partial charge is 0.137 e. The SMILES string of the molecule is C#CC(C)Nc1ccc(OC)cn1. The van der Waals surface area contributed by atoms with Crippen LogP contribution in [0.4, 0.5) is 5.82 Å². The molecule has 0 radical (unpaired) electrons. The van der Waals surface area contributed by atoms with Gasteiger partial charge in [0.1, 0.15) is 11.6 Å². The van der Waals surface area contributed by atoms with Crippen LogP contribution in [0.15, 0.2) is 18.3 Å². The summed E-state index contributed by atoms with van der Waals surface area (Å²) in [5.74, 6) is 4.05. The van der Waals surface area contributed by atoms with Gasteiger partial charge in [0.15, 0.2) is 0 Å². The molecule has 0 bridgehead atoms. The van der Waals surface area contributed by atoms with Gasteiger partial charge in [-0.2, -0.15) is 0 Å². The Morgan fingerprint density at radius 3 is 2.85 bits per heavy atom. The summed E-state index contributed by atoms with van der Waals surface area (Å²) in [6.07, 6.45) is 6.86. The molecule has 0 aliphatic carbocycles. The summed E-state index contributed by atoms with van der Waals surface area (Å²) in [5, 5.41) is 3.04. The summed E-state index contributed by atoms with van der Waals surface area (Å²) in [7, 11) is 1.61. The fraction of sp³-hybridized carbons (Fsp3) is 0.300. The zero-order valence-electron chi connectivity index (χ0n) is 7.74. The number of pyridine rings is 1. The first-order valence-corrected chi connectivity index (χ1v) is 3.99. The lowest BCUT2D eigenvalue weighted by Gasteiger charge is -2.08. The molecule has 0 spiro atoms. The number of hydrogen-bond acceptors (Lipinski definition) is 3. The van der Waals surface area contributed by atoms with Crippen LogP contribution in [0.5, 0.6) is 5.75 Å². The van der Waals surface area contributed by atoms with Gasteiger partial charge in [-0.05, 0) is 19.1 Å². The Labute approximate surface area is 78.1 Å². The molecule has 0 saturated heterocycles. The number of nitrogens with one attached hydrogen (secondary N) is 1. The molecule has 1 atom stereocenters. The number of aromatic nitrogens is 1. The number of methoxy groups -OCH3 is 1. The Balaban J connectivity index is 2.65. The third-order valence-electron chi connectivity index (χ3n) is 1.59. The standard InChI is InChI=1S/C10H12N2O/c1-4-8(2)12-10-6-5-9(13-3)7-11-10/h1,5-8H,2-3H3,(H,11,12). The van der Waals surface area contributed by atoms with Gasteiger partial charge in [-0.3, -0.25) is 0 Å². The van der Waals surface area contributed by atoms with Gasteiger partial charge in [-0.25, -0.2) is 4.98 Å². The van der Waals surface area contributed by atoms with Crippen LogP contribution >= 0.6 is 0 Å². The van der Waals surface area contributed by atoms with Crippen molar-refractivity contribution in [1.82, 2.24) is 4.98 Å². The van der Waals surface area contributed by atoms with Gasteiger partial charge in [0.2, 0.25) is 0 Å². The molecule has 68 valence electrons. The Morgan fingerprint density at radius 2 is 2.38 bits per heavy atom. The molecule has 13 heavy (non-hydrogen) atoms. The lowest BCUT2D eigenvalue weighted by atomic mass is 10.3. The van der Waals surface area contributed by atoms with Gasteiger partial charge in [-0.1, -0.05) is 5.92 Å². The molecule has 1 unspecified atom stereocenters. The molecule has 0 saturated carbocycles. The van der Waals surface area contributed by atoms with Crippen molar-refractivity contribution in [2.24, 2.45) is 0 Å². The highest BCUT2D eigenvalue weighted by molar-refractivity contribution is 5.39. The number of nitrogens with zero attached hydrogens (tertiary/aromatic N) is 1. The highest BCUT2D eigenvalue weighted by Gasteiger charge is 1.98. The molecule has 0 aliphatic heterocycles. The normalized spacial score (nSPS) is 11.5. The fourth-order valence-electron chi connectivity index (χ4n) is 0.850. The van der Waals surface area contributed by atoms with E-state index in [-0.39, 0.29) is 6.04 Å². The third-order valence-corrected chi connectivity index (χ3v) is 1.59. The molecule has 1 heterocycles. The predicted octanol–water partition coefficient (Wildman–Crippen LogP) is 1.52. The zero-order chi connectivity index (χ0) is 9.68. The largest absolute Gasteiger partial charge is 0.495 e. The Morgan fingerprint density at radius 1 is 1.62 bits per heavy atom. The van der Waals surface area contributed by atoms with Gasteiger partial charge in [0.25, 0.3) is 0 Å². The van der Waals surface area contributed by atoms with E-state index >= 15 is 0 Å². The van der Waals surface area contributed by atoms with Crippen molar-refractivity contribution in [2.45, 2.75) is 13.0 Å². The van der Waals surface area contributed by atoms with Crippen molar-refractivity contribution in [2.75, 3.05) is 12.4 Å². The minimum Gasteiger partial charge on any atom is -0.495 e. The molecular formula is C10H12N2O. The van der Waals surface area contributed by atoms with Gasteiger partial charge in [0.05, 0.1) is 19.3 Å². The van der Waals surface area contributed by atoms with E-state index < -0.39 is 0 Å². The van der Waals surface area contributed by atoms with Crippen molar-refractivity contribution in [1.29, 1.82) is 0 Å². The predicted molar refractivity (Wildman–Crippen MR) is 52.7 cm³/mol. The van der Waals surface area contributed by atoms with E-state index in [1.165, 1.54) is 0 Å². The van der Waals surface area contributed by atoms with Crippen molar-refractivity contribution >= 4 is 5.82 Å². The third kappa shape index (κ3) is 2.68. The van der Waals surface area contributed by atoms with Crippen LogP contribution in [-0.4, -0.2) is 18.1 Å². The van der Waals surface area contributed by atoms with Crippen LogP contribution in [0.1, 0.15) is 6.92 Å². The van der Waals surface area contributed by atoms with E-state index in [1.807, 2.05) is 19.1 Å². The Hall–Kier alpha value is -1.69. The van der Waals surface area contributed by atoms with Crippen LogP contribution in [-0.2, 0) is 0 Å². The molecule has 3 nitrogen and oxygen atoms in total. The maximum absolute atomic E-state index is 5.21. The summed E-state index contributed by atoms with van der Waals surface area (Å²) < 4.78 is 4.97. The summed E-state index contributed by atoms with van der Waals surface area (Å²) in [5.41, 5.74) is 0. The van der Waals surface area contributed by atoms with Crippen molar-refractivity contribution < 1.29 is 4.74 Å². The molecule has 0 aliphatic rings. The summed E-state index contributed by atoms with van der Waals surface area (Å²) >= 11 is 0. The van der Waals surface area contributed by atoms with E-state index in [2.05, 4.69) is 16.2 Å². The molecule has 0 amide bonds. The second-order valence-electron chi connectivity index (χ2n) is 2.62. The molecule has 1 N–H and O–H groups in total. The monoisotopic (exact) mass is 176 g/mol. The highest BCUT2D eigenvalue weighted by Crippen LogP contribution is 2.11. The number of rotatable bonds is 3. The molecular weight excluding hydrogens is 164 g/mol. The first-order valence-electron chi connectivity index (χ1n) is 3.99. The first kappa shape index (κ1) is 9.40. The van der Waals surface area contributed by atoms with Crippen LogP contribution in [0.25, 0.3) is 0 Å². The minimum atomic E-state index is -0.0131. The summed E-state index contributed by atoms with van der Waals surface area (Å²) in [6.45, 7) is 1.89. The molecule has 1 rings (SSSR count). The Bertz CT molecular complexity index is 300. The summed E-state index contributed by atoms with van der Waals surface area (Å²) in [6, 6.07) is 3.64. The Kier molecular flexibility index (Phi) is 3.15. The lowest BCUT2D eigenvalue weighted by molar-refractivity contribution is 0.413. The van der Waals surface area contributed by atoms with E-state index in [9.17, 15) is 0 Å². The number of terminal acetylenes is 1. The van der Waals surface area contributed by atoms with E-state index in [0.29, 0.717) is 0 Å². The average Bonchev–Trinajstić information content (AvgIpc) is 2.19.